The fourth-order valence-corrected chi connectivity index (χ4v) is 6.08. The van der Waals surface area contributed by atoms with Crippen molar-refractivity contribution in [1.29, 1.82) is 0 Å². The van der Waals surface area contributed by atoms with Crippen molar-refractivity contribution in [1.82, 2.24) is 0 Å². The van der Waals surface area contributed by atoms with Crippen molar-refractivity contribution in [2.24, 2.45) is 5.92 Å². The van der Waals surface area contributed by atoms with E-state index < -0.39 is 0 Å². The maximum Gasteiger partial charge on any atom is -0.0162 e. The number of fused-ring (bicyclic) bond motifs is 1. The van der Waals surface area contributed by atoms with E-state index >= 15 is 0 Å². The van der Waals surface area contributed by atoms with E-state index in [1.165, 1.54) is 90.0 Å². The van der Waals surface area contributed by atoms with Gasteiger partial charge in [0, 0.05) is 0 Å². The largest absolute Gasteiger partial charge is 0.0654 e. The third-order valence-electron chi connectivity index (χ3n) is 8.53. The molecule has 4 aromatic rings. The quantitative estimate of drug-likeness (QED) is 0.223. The molecule has 1 aliphatic carbocycles. The van der Waals surface area contributed by atoms with E-state index in [4.69, 9.17) is 0 Å². The molecule has 0 nitrogen and oxygen atoms in total. The zero-order valence-electron chi connectivity index (χ0n) is 22.5. The summed E-state index contributed by atoms with van der Waals surface area (Å²) < 4.78 is 0. The molecule has 0 aliphatic heterocycles. The van der Waals surface area contributed by atoms with Crippen LogP contribution in [-0.4, -0.2) is 0 Å². The fraction of sp³-hybridized carbons (Fsp3) is 0.389. The van der Waals surface area contributed by atoms with Gasteiger partial charge in [-0.25, -0.2) is 0 Å². The van der Waals surface area contributed by atoms with Gasteiger partial charge in [0.2, 0.25) is 0 Å². The lowest BCUT2D eigenvalue weighted by Gasteiger charge is -2.29. The summed E-state index contributed by atoms with van der Waals surface area (Å²) in [5, 5.41) is 2.72. The Balaban J connectivity index is 1.26. The van der Waals surface area contributed by atoms with E-state index in [0.29, 0.717) is 5.92 Å². The predicted octanol–water partition coefficient (Wildman–Crippen LogP) is 11.2. The molecule has 5 rings (SSSR count). The lowest BCUT2D eigenvalue weighted by Crippen LogP contribution is -2.13. The zero-order valence-corrected chi connectivity index (χ0v) is 22.5. The molecule has 0 bridgehead atoms. The molecule has 0 spiro atoms. The Kier molecular flexibility index (Phi) is 7.90. The molecule has 0 radical (unpaired) electrons. The number of hydrogen-bond acceptors (Lipinski definition) is 0. The van der Waals surface area contributed by atoms with Crippen molar-refractivity contribution < 1.29 is 0 Å². The van der Waals surface area contributed by atoms with Crippen molar-refractivity contribution in [3.05, 3.63) is 96.1 Å². The Morgan fingerprint density at radius 1 is 0.611 bits per heavy atom. The highest BCUT2D eigenvalue weighted by Gasteiger charge is 2.22. The standard InChI is InChI=1S/C36H42/c1-4-5-6-7-27-8-10-31(11-9-27)33-20-22-36-25-34(21-23-35(36)24-33)32-18-16-30(17-19-32)29-14-12-28(13-15-29)26(2)3/h12-27,31H,4-11H2,1-3H3. The van der Waals surface area contributed by atoms with Crippen LogP contribution in [0.15, 0.2) is 84.9 Å². The molecular formula is C36H42. The summed E-state index contributed by atoms with van der Waals surface area (Å²) >= 11 is 0. The van der Waals surface area contributed by atoms with Crippen molar-refractivity contribution in [2.45, 2.75) is 84.0 Å². The van der Waals surface area contributed by atoms with Crippen LogP contribution in [0.5, 0.6) is 0 Å². The van der Waals surface area contributed by atoms with Crippen LogP contribution in [0.25, 0.3) is 33.0 Å². The first kappa shape index (κ1) is 24.8. The topological polar surface area (TPSA) is 0 Å². The van der Waals surface area contributed by atoms with Gasteiger partial charge < -0.3 is 0 Å². The molecule has 1 fully saturated rings. The van der Waals surface area contributed by atoms with Gasteiger partial charge in [0.1, 0.15) is 0 Å². The molecule has 0 saturated heterocycles. The second kappa shape index (κ2) is 11.5. The zero-order chi connectivity index (χ0) is 24.9. The van der Waals surface area contributed by atoms with Crippen molar-refractivity contribution in [3.63, 3.8) is 0 Å². The summed E-state index contributed by atoms with van der Waals surface area (Å²) in [6.07, 6.45) is 11.2. The molecule has 0 atom stereocenters. The van der Waals surface area contributed by atoms with Crippen LogP contribution in [0.4, 0.5) is 0 Å². The molecule has 1 saturated carbocycles. The summed E-state index contributed by atoms with van der Waals surface area (Å²) in [4.78, 5) is 0. The van der Waals surface area contributed by atoms with Crippen LogP contribution in [0.2, 0.25) is 0 Å². The average molecular weight is 475 g/mol. The monoisotopic (exact) mass is 474 g/mol. The summed E-state index contributed by atoms with van der Waals surface area (Å²) in [6, 6.07) is 32.2. The van der Waals surface area contributed by atoms with Gasteiger partial charge in [0.05, 0.1) is 0 Å². The van der Waals surface area contributed by atoms with Gasteiger partial charge in [0.25, 0.3) is 0 Å². The number of benzene rings is 4. The fourth-order valence-electron chi connectivity index (χ4n) is 6.08. The highest BCUT2D eigenvalue weighted by Crippen LogP contribution is 2.39. The lowest BCUT2D eigenvalue weighted by molar-refractivity contribution is 0.303. The van der Waals surface area contributed by atoms with E-state index in [1.54, 1.807) is 5.56 Å². The first-order valence-corrected chi connectivity index (χ1v) is 14.3. The van der Waals surface area contributed by atoms with Gasteiger partial charge in [-0.3, -0.25) is 0 Å². The molecule has 0 unspecified atom stereocenters. The minimum absolute atomic E-state index is 0.570. The van der Waals surface area contributed by atoms with Crippen molar-refractivity contribution in [2.75, 3.05) is 0 Å². The van der Waals surface area contributed by atoms with Crippen LogP contribution in [-0.2, 0) is 0 Å². The van der Waals surface area contributed by atoms with Crippen LogP contribution < -0.4 is 0 Å². The van der Waals surface area contributed by atoms with E-state index in [0.717, 1.165) is 11.8 Å². The Hall–Kier alpha value is -2.86. The number of rotatable bonds is 8. The van der Waals surface area contributed by atoms with Crippen LogP contribution in [0, 0.1) is 5.92 Å². The first-order valence-electron chi connectivity index (χ1n) is 14.3. The Morgan fingerprint density at radius 3 is 1.81 bits per heavy atom. The molecule has 0 N–H and O–H groups in total. The molecule has 186 valence electrons. The third-order valence-corrected chi connectivity index (χ3v) is 8.53. The van der Waals surface area contributed by atoms with Gasteiger partial charge in [-0.15, -0.1) is 0 Å². The molecule has 0 heterocycles. The molecular weight excluding hydrogens is 432 g/mol. The maximum absolute atomic E-state index is 2.46. The number of hydrogen-bond donors (Lipinski definition) is 0. The van der Waals surface area contributed by atoms with E-state index in [-0.39, 0.29) is 0 Å². The molecule has 4 aromatic carbocycles. The molecule has 0 heteroatoms. The smallest absolute Gasteiger partial charge is 0.0162 e. The average Bonchev–Trinajstić information content (AvgIpc) is 2.93. The molecule has 0 aromatic heterocycles. The summed E-state index contributed by atoms with van der Waals surface area (Å²) in [5.74, 6) is 2.29. The highest BCUT2D eigenvalue weighted by molar-refractivity contribution is 5.88. The van der Waals surface area contributed by atoms with Gasteiger partial charge in [-0.2, -0.15) is 0 Å². The molecule has 1 aliphatic rings. The minimum Gasteiger partial charge on any atom is -0.0654 e. The SMILES string of the molecule is CCCCCC1CCC(c2ccc3cc(-c4ccc(-c5ccc(C(C)C)cc5)cc4)ccc3c2)CC1. The lowest BCUT2D eigenvalue weighted by atomic mass is 9.77. The molecule has 36 heavy (non-hydrogen) atoms. The predicted molar refractivity (Wildman–Crippen MR) is 158 cm³/mol. The maximum atomic E-state index is 2.46. The summed E-state index contributed by atoms with van der Waals surface area (Å²) in [5.41, 5.74) is 8.08. The Morgan fingerprint density at radius 2 is 1.17 bits per heavy atom. The van der Waals surface area contributed by atoms with Gasteiger partial charge in [-0.1, -0.05) is 125 Å². The Bertz CT molecular complexity index is 1250. The number of unbranched alkanes of at least 4 members (excludes halogenated alkanes) is 2. The van der Waals surface area contributed by atoms with Gasteiger partial charge >= 0.3 is 0 Å². The van der Waals surface area contributed by atoms with Crippen molar-refractivity contribution in [3.8, 4) is 22.3 Å². The second-order valence-electron chi connectivity index (χ2n) is 11.4. The van der Waals surface area contributed by atoms with Crippen LogP contribution in [0.1, 0.15) is 95.1 Å². The van der Waals surface area contributed by atoms with Crippen molar-refractivity contribution >= 4 is 10.8 Å². The van der Waals surface area contributed by atoms with Gasteiger partial charge in [-0.05, 0) is 93.7 Å². The van der Waals surface area contributed by atoms with E-state index in [2.05, 4.69) is 106 Å². The van der Waals surface area contributed by atoms with Crippen LogP contribution in [0.3, 0.4) is 0 Å². The first-order chi connectivity index (χ1) is 17.6. The second-order valence-corrected chi connectivity index (χ2v) is 11.4. The Labute approximate surface area is 218 Å². The third kappa shape index (κ3) is 5.75. The van der Waals surface area contributed by atoms with E-state index in [9.17, 15) is 0 Å². The summed E-state index contributed by atoms with van der Waals surface area (Å²) in [7, 11) is 0. The van der Waals surface area contributed by atoms with E-state index in [1.807, 2.05) is 0 Å². The van der Waals surface area contributed by atoms with Gasteiger partial charge in [0.15, 0.2) is 0 Å². The molecule has 0 amide bonds. The normalized spacial score (nSPS) is 18.1. The highest BCUT2D eigenvalue weighted by atomic mass is 14.3. The summed E-state index contributed by atoms with van der Waals surface area (Å²) in [6.45, 7) is 6.80. The van der Waals surface area contributed by atoms with Crippen LogP contribution >= 0.6 is 0 Å². The minimum atomic E-state index is 0.570.